The van der Waals surface area contributed by atoms with Gasteiger partial charge in [0.2, 0.25) is 5.91 Å². The van der Waals surface area contributed by atoms with Gasteiger partial charge in [-0.1, -0.05) is 30.3 Å². The first kappa shape index (κ1) is 19.2. The fourth-order valence-electron chi connectivity index (χ4n) is 4.12. The van der Waals surface area contributed by atoms with Gasteiger partial charge in [-0.2, -0.15) is 0 Å². The lowest BCUT2D eigenvalue weighted by Crippen LogP contribution is -2.24. The second-order valence-electron chi connectivity index (χ2n) is 7.72. The molecule has 0 atom stereocenters. The summed E-state index contributed by atoms with van der Waals surface area (Å²) in [7, 11) is 1.58. The number of rotatable bonds is 5. The van der Waals surface area contributed by atoms with Gasteiger partial charge in [-0.3, -0.25) is 9.59 Å². The zero-order valence-corrected chi connectivity index (χ0v) is 17.2. The van der Waals surface area contributed by atoms with E-state index in [1.165, 1.54) is 0 Å². The minimum Gasteiger partial charge on any atom is -0.495 e. The van der Waals surface area contributed by atoms with E-state index in [-0.39, 0.29) is 11.8 Å². The number of fused-ring (bicyclic) bond motifs is 3. The summed E-state index contributed by atoms with van der Waals surface area (Å²) in [4.78, 5) is 26.7. The molecule has 0 aliphatic carbocycles. The Labute approximate surface area is 179 Å². The number of benzene rings is 3. The van der Waals surface area contributed by atoms with Crippen molar-refractivity contribution in [2.75, 3.05) is 19.0 Å². The number of nitrogens with one attached hydrogen (secondary N) is 1. The molecule has 31 heavy (non-hydrogen) atoms. The molecule has 1 aromatic heterocycles. The van der Waals surface area contributed by atoms with Crippen molar-refractivity contribution in [3.8, 4) is 5.75 Å². The van der Waals surface area contributed by atoms with Gasteiger partial charge >= 0.3 is 0 Å². The number of anilines is 1. The number of amides is 2. The molecule has 156 valence electrons. The molecule has 0 bridgehead atoms. The summed E-state index contributed by atoms with van der Waals surface area (Å²) in [6.07, 6.45) is 1.49. The van der Waals surface area contributed by atoms with Crippen LogP contribution in [0.15, 0.2) is 65.1 Å². The van der Waals surface area contributed by atoms with E-state index in [0.717, 1.165) is 34.9 Å². The summed E-state index contributed by atoms with van der Waals surface area (Å²) in [6, 6.07) is 18.8. The van der Waals surface area contributed by atoms with Crippen LogP contribution in [0, 0.1) is 0 Å². The molecular weight excluding hydrogens is 392 g/mol. The quantitative estimate of drug-likeness (QED) is 0.501. The number of hydrogen-bond donors (Lipinski definition) is 1. The number of carbonyl (C=O) groups excluding carboxylic acids is 2. The van der Waals surface area contributed by atoms with Gasteiger partial charge in [-0.25, -0.2) is 0 Å². The Kier molecular flexibility index (Phi) is 4.82. The molecule has 0 radical (unpaired) electrons. The highest BCUT2D eigenvalue weighted by Gasteiger charge is 2.20. The van der Waals surface area contributed by atoms with Gasteiger partial charge in [-0.05, 0) is 36.2 Å². The van der Waals surface area contributed by atoms with Crippen LogP contribution in [0.2, 0.25) is 0 Å². The lowest BCUT2D eigenvalue weighted by molar-refractivity contribution is -0.128. The molecule has 3 aromatic carbocycles. The zero-order valence-electron chi connectivity index (χ0n) is 17.2. The Morgan fingerprint density at radius 2 is 1.94 bits per heavy atom. The van der Waals surface area contributed by atoms with Crippen molar-refractivity contribution in [1.82, 2.24) is 4.90 Å². The largest absolute Gasteiger partial charge is 0.495 e. The molecule has 1 aliphatic heterocycles. The van der Waals surface area contributed by atoms with Crippen LogP contribution in [0.1, 0.15) is 28.8 Å². The summed E-state index contributed by atoms with van der Waals surface area (Å²) < 4.78 is 11.5. The third-order valence-corrected chi connectivity index (χ3v) is 5.68. The number of para-hydroxylation sites is 1. The lowest BCUT2D eigenvalue weighted by Gasteiger charge is -2.16. The fourth-order valence-corrected chi connectivity index (χ4v) is 4.12. The first-order valence-electron chi connectivity index (χ1n) is 10.3. The monoisotopic (exact) mass is 414 g/mol. The Morgan fingerprint density at radius 3 is 2.74 bits per heavy atom. The highest BCUT2D eigenvalue weighted by Crippen LogP contribution is 2.36. The molecule has 6 nitrogen and oxygen atoms in total. The molecule has 2 heterocycles. The molecule has 6 heteroatoms. The van der Waals surface area contributed by atoms with Crippen molar-refractivity contribution in [3.05, 3.63) is 71.8 Å². The third kappa shape index (κ3) is 3.61. The number of furan rings is 1. The lowest BCUT2D eigenvalue weighted by atomic mass is 10.1. The normalized spacial score (nSPS) is 13.8. The second-order valence-corrected chi connectivity index (χ2v) is 7.72. The van der Waals surface area contributed by atoms with E-state index in [0.29, 0.717) is 35.5 Å². The van der Waals surface area contributed by atoms with Crippen LogP contribution in [0.4, 0.5) is 5.69 Å². The average Bonchev–Trinajstić information content (AvgIpc) is 3.35. The van der Waals surface area contributed by atoms with Crippen molar-refractivity contribution >= 4 is 39.4 Å². The van der Waals surface area contributed by atoms with Gasteiger partial charge in [0.15, 0.2) is 0 Å². The van der Waals surface area contributed by atoms with E-state index < -0.39 is 0 Å². The fraction of sp³-hybridized carbons (Fsp3) is 0.200. The smallest absolute Gasteiger partial charge is 0.255 e. The maximum Gasteiger partial charge on any atom is 0.255 e. The van der Waals surface area contributed by atoms with Crippen molar-refractivity contribution in [2.24, 2.45) is 0 Å². The Hall–Kier alpha value is -3.80. The van der Waals surface area contributed by atoms with E-state index in [1.54, 1.807) is 19.2 Å². The van der Waals surface area contributed by atoms with Gasteiger partial charge < -0.3 is 19.4 Å². The second kappa shape index (κ2) is 7.80. The Balaban J connectivity index is 1.42. The molecular formula is C25H22N2O4. The summed E-state index contributed by atoms with van der Waals surface area (Å²) in [6.45, 7) is 1.29. The molecule has 0 spiro atoms. The first-order chi connectivity index (χ1) is 15.1. The standard InChI is InChI=1S/C25H22N2O4/c1-30-23-13-19-18-8-2-3-9-21(18)31-22(19)14-20(23)26-25(29)17-7-4-6-16(12-17)15-27-11-5-10-24(27)28/h2-4,6-9,12-14H,5,10-11,15H2,1H3,(H,26,29). The van der Waals surface area contributed by atoms with Crippen LogP contribution < -0.4 is 10.1 Å². The van der Waals surface area contributed by atoms with Gasteiger partial charge in [0, 0.05) is 41.9 Å². The van der Waals surface area contributed by atoms with Crippen molar-refractivity contribution < 1.29 is 18.7 Å². The van der Waals surface area contributed by atoms with Crippen LogP contribution in [-0.4, -0.2) is 30.4 Å². The average molecular weight is 414 g/mol. The van der Waals surface area contributed by atoms with Crippen LogP contribution in [0.25, 0.3) is 21.9 Å². The molecule has 1 N–H and O–H groups in total. The van der Waals surface area contributed by atoms with Crippen molar-refractivity contribution in [1.29, 1.82) is 0 Å². The molecule has 1 fully saturated rings. The van der Waals surface area contributed by atoms with Gasteiger partial charge in [-0.15, -0.1) is 0 Å². The number of methoxy groups -OCH3 is 1. The van der Waals surface area contributed by atoms with E-state index in [4.69, 9.17) is 9.15 Å². The maximum absolute atomic E-state index is 13.0. The van der Waals surface area contributed by atoms with Gasteiger partial charge in [0.1, 0.15) is 16.9 Å². The minimum absolute atomic E-state index is 0.165. The van der Waals surface area contributed by atoms with E-state index in [9.17, 15) is 9.59 Å². The first-order valence-corrected chi connectivity index (χ1v) is 10.3. The van der Waals surface area contributed by atoms with Crippen LogP contribution in [0.5, 0.6) is 5.75 Å². The zero-order chi connectivity index (χ0) is 21.4. The molecule has 0 unspecified atom stereocenters. The predicted octanol–water partition coefficient (Wildman–Crippen LogP) is 4.97. The third-order valence-electron chi connectivity index (χ3n) is 5.68. The summed E-state index contributed by atoms with van der Waals surface area (Å²) in [5, 5.41) is 4.87. The summed E-state index contributed by atoms with van der Waals surface area (Å²) in [5.74, 6) is 0.480. The summed E-state index contributed by atoms with van der Waals surface area (Å²) >= 11 is 0. The SMILES string of the molecule is COc1cc2c(cc1NC(=O)c1cccc(CN3CCCC3=O)c1)oc1ccccc12. The molecule has 2 amide bonds. The van der Waals surface area contributed by atoms with Gasteiger partial charge in [0.25, 0.3) is 5.91 Å². The van der Waals surface area contributed by atoms with Crippen LogP contribution >= 0.6 is 0 Å². The van der Waals surface area contributed by atoms with E-state index in [1.807, 2.05) is 53.4 Å². The number of hydrogen-bond acceptors (Lipinski definition) is 4. The molecule has 1 aliphatic rings. The molecule has 0 saturated carbocycles. The minimum atomic E-state index is -0.247. The Morgan fingerprint density at radius 1 is 1.06 bits per heavy atom. The van der Waals surface area contributed by atoms with Crippen LogP contribution in [-0.2, 0) is 11.3 Å². The van der Waals surface area contributed by atoms with Gasteiger partial charge in [0.05, 0.1) is 12.8 Å². The van der Waals surface area contributed by atoms with Crippen LogP contribution in [0.3, 0.4) is 0 Å². The molecule has 5 rings (SSSR count). The number of carbonyl (C=O) groups is 2. The van der Waals surface area contributed by atoms with E-state index >= 15 is 0 Å². The maximum atomic E-state index is 13.0. The number of likely N-dealkylation sites (tertiary alicyclic amines) is 1. The number of ether oxygens (including phenoxy) is 1. The van der Waals surface area contributed by atoms with Crippen molar-refractivity contribution in [3.63, 3.8) is 0 Å². The predicted molar refractivity (Wildman–Crippen MR) is 119 cm³/mol. The highest BCUT2D eigenvalue weighted by atomic mass is 16.5. The molecule has 1 saturated heterocycles. The highest BCUT2D eigenvalue weighted by molar-refractivity contribution is 6.10. The molecule has 4 aromatic rings. The van der Waals surface area contributed by atoms with Crippen molar-refractivity contribution in [2.45, 2.75) is 19.4 Å². The van der Waals surface area contributed by atoms with E-state index in [2.05, 4.69) is 5.32 Å². The number of nitrogens with zero attached hydrogens (tertiary/aromatic N) is 1. The topological polar surface area (TPSA) is 71.8 Å². The Bertz CT molecular complexity index is 1310. The summed E-state index contributed by atoms with van der Waals surface area (Å²) in [5.41, 5.74) is 3.46.